The highest BCUT2D eigenvalue weighted by atomic mass is 19.1. The van der Waals surface area contributed by atoms with Crippen molar-refractivity contribution < 1.29 is 4.39 Å². The molecule has 1 aliphatic rings. The van der Waals surface area contributed by atoms with E-state index in [-0.39, 0.29) is 22.9 Å². The Morgan fingerprint density at radius 1 is 1.22 bits per heavy atom. The van der Waals surface area contributed by atoms with Crippen molar-refractivity contribution in [3.8, 4) is 0 Å². The molecule has 0 saturated heterocycles. The quantitative estimate of drug-likeness (QED) is 0.481. The number of nitrogens with zero attached hydrogens (tertiary/aromatic N) is 3. The van der Waals surface area contributed by atoms with E-state index in [2.05, 4.69) is 56.0 Å². The first kappa shape index (κ1) is 22.1. The lowest BCUT2D eigenvalue weighted by molar-refractivity contribution is 0.262. The summed E-state index contributed by atoms with van der Waals surface area (Å²) in [5.41, 5.74) is 3.28. The summed E-state index contributed by atoms with van der Waals surface area (Å²) >= 11 is 0. The van der Waals surface area contributed by atoms with E-state index in [1.165, 1.54) is 12.1 Å². The predicted octanol–water partition coefficient (Wildman–Crippen LogP) is 5.99. The first-order valence-corrected chi connectivity index (χ1v) is 11.3. The smallest absolute Gasteiger partial charge is 0.134 e. The van der Waals surface area contributed by atoms with Crippen molar-refractivity contribution >= 4 is 11.5 Å². The third-order valence-electron chi connectivity index (χ3n) is 6.72. The van der Waals surface area contributed by atoms with Crippen LogP contribution in [0.15, 0.2) is 61.4 Å². The Morgan fingerprint density at radius 3 is 2.56 bits per heavy atom. The number of pyridine rings is 1. The van der Waals surface area contributed by atoms with Gasteiger partial charge in [-0.25, -0.2) is 9.07 Å². The maximum Gasteiger partial charge on any atom is 0.134 e. The Hall–Kier alpha value is -3.15. The third-order valence-corrected chi connectivity index (χ3v) is 6.72. The lowest BCUT2D eigenvalue weighted by Gasteiger charge is -2.39. The average Bonchev–Trinajstić information content (AvgIpc) is 3.24. The number of halogens is 1. The molecular weight excluding hydrogens is 401 g/mol. The first-order valence-electron chi connectivity index (χ1n) is 11.3. The van der Waals surface area contributed by atoms with E-state index in [1.54, 1.807) is 0 Å². The molecule has 5 nitrogen and oxygen atoms in total. The average molecular weight is 434 g/mol. The fourth-order valence-corrected chi connectivity index (χ4v) is 4.76. The fourth-order valence-electron chi connectivity index (χ4n) is 4.76. The zero-order valence-corrected chi connectivity index (χ0v) is 19.3. The summed E-state index contributed by atoms with van der Waals surface area (Å²) in [6.45, 7) is 13.0. The minimum atomic E-state index is -0.343. The van der Waals surface area contributed by atoms with Crippen LogP contribution < -0.4 is 10.6 Å². The molecule has 0 bridgehead atoms. The zero-order valence-electron chi connectivity index (χ0n) is 19.3. The van der Waals surface area contributed by atoms with Gasteiger partial charge < -0.3 is 10.6 Å². The number of anilines is 1. The molecule has 0 radical (unpaired) electrons. The molecule has 0 aliphatic carbocycles. The minimum absolute atomic E-state index is 0.0844. The van der Waals surface area contributed by atoms with Crippen LogP contribution >= 0.6 is 0 Å². The predicted molar refractivity (Wildman–Crippen MR) is 128 cm³/mol. The molecule has 0 spiro atoms. The number of hydrogen-bond acceptors (Lipinski definition) is 4. The summed E-state index contributed by atoms with van der Waals surface area (Å²) in [4.78, 5) is 4.57. The lowest BCUT2D eigenvalue weighted by atomic mass is 9.84. The van der Waals surface area contributed by atoms with E-state index >= 15 is 0 Å². The summed E-state index contributed by atoms with van der Waals surface area (Å²) < 4.78 is 15.6. The Balaban J connectivity index is 1.67. The normalized spacial score (nSPS) is 17.3. The van der Waals surface area contributed by atoms with Crippen molar-refractivity contribution in [2.24, 2.45) is 0 Å². The Bertz CT molecular complexity index is 1080. The van der Waals surface area contributed by atoms with Crippen molar-refractivity contribution in [3.63, 3.8) is 0 Å². The van der Waals surface area contributed by atoms with Crippen LogP contribution in [0.2, 0.25) is 0 Å². The summed E-state index contributed by atoms with van der Waals surface area (Å²) in [6.07, 6.45) is 6.26. The van der Waals surface area contributed by atoms with Crippen LogP contribution in [0.5, 0.6) is 0 Å². The summed E-state index contributed by atoms with van der Waals surface area (Å²) in [5, 5.41) is 12.0. The number of fused-ring (bicyclic) bond motifs is 1. The molecule has 1 atom stereocenters. The van der Waals surface area contributed by atoms with Crippen molar-refractivity contribution in [3.05, 3.63) is 84.1 Å². The first-order chi connectivity index (χ1) is 15.3. The van der Waals surface area contributed by atoms with Gasteiger partial charge in [0.1, 0.15) is 11.6 Å². The second-order valence-corrected chi connectivity index (χ2v) is 9.19. The van der Waals surface area contributed by atoms with E-state index < -0.39 is 0 Å². The number of nitrogens with one attached hydrogen (secondary N) is 2. The van der Waals surface area contributed by atoms with Gasteiger partial charge >= 0.3 is 0 Å². The molecule has 168 valence electrons. The summed E-state index contributed by atoms with van der Waals surface area (Å²) in [6, 6.07) is 12.8. The Labute approximate surface area is 189 Å². The van der Waals surface area contributed by atoms with Crippen molar-refractivity contribution in [2.75, 3.05) is 5.32 Å². The van der Waals surface area contributed by atoms with Gasteiger partial charge in [0.05, 0.1) is 34.6 Å². The largest absolute Gasteiger partial charge is 0.375 e. The van der Waals surface area contributed by atoms with Crippen LogP contribution in [0.4, 0.5) is 10.2 Å². The molecule has 0 amide bonds. The third kappa shape index (κ3) is 3.90. The molecule has 32 heavy (non-hydrogen) atoms. The molecule has 3 heterocycles. The van der Waals surface area contributed by atoms with Gasteiger partial charge in [-0.3, -0.25) is 4.98 Å². The van der Waals surface area contributed by atoms with E-state index in [1.807, 2.05) is 41.3 Å². The standard InChI is InChI=1S/C26H32FN5/c1-6-26(7-2,19-11-13-20(27)14-12-19)31-18(3)21-17-29-32-24(21)30-23(16-25(32,4)5)22-10-8-9-15-28-22/h8-15,17,23,30-31H,3,6-7,16H2,1-2,4-5H3. The van der Waals surface area contributed by atoms with Gasteiger partial charge in [-0.05, 0) is 62.9 Å². The van der Waals surface area contributed by atoms with Gasteiger partial charge in [0.25, 0.3) is 0 Å². The van der Waals surface area contributed by atoms with Gasteiger partial charge in [-0.2, -0.15) is 5.10 Å². The minimum Gasteiger partial charge on any atom is -0.375 e. The second-order valence-electron chi connectivity index (χ2n) is 9.19. The van der Waals surface area contributed by atoms with Gasteiger partial charge in [-0.1, -0.05) is 38.6 Å². The summed E-state index contributed by atoms with van der Waals surface area (Å²) in [5.74, 6) is 0.709. The van der Waals surface area contributed by atoms with E-state index in [0.717, 1.165) is 47.6 Å². The van der Waals surface area contributed by atoms with E-state index in [9.17, 15) is 4.39 Å². The molecule has 0 saturated carbocycles. The molecule has 2 N–H and O–H groups in total. The molecule has 3 aromatic rings. The molecule has 2 aromatic heterocycles. The number of aromatic nitrogens is 3. The molecule has 1 unspecified atom stereocenters. The molecule has 0 fully saturated rings. The van der Waals surface area contributed by atoms with Crippen LogP contribution in [0, 0.1) is 5.82 Å². The number of rotatable bonds is 7. The van der Waals surface area contributed by atoms with Crippen molar-refractivity contribution in [1.29, 1.82) is 0 Å². The topological polar surface area (TPSA) is 54.8 Å². The highest BCUT2D eigenvalue weighted by molar-refractivity contribution is 5.73. The maximum absolute atomic E-state index is 13.5. The Kier molecular flexibility index (Phi) is 5.80. The Morgan fingerprint density at radius 2 is 1.94 bits per heavy atom. The van der Waals surface area contributed by atoms with Crippen LogP contribution in [-0.2, 0) is 11.1 Å². The zero-order chi connectivity index (χ0) is 22.9. The molecule has 4 rings (SSSR count). The van der Waals surface area contributed by atoms with Crippen LogP contribution in [0.25, 0.3) is 5.70 Å². The maximum atomic E-state index is 13.5. The monoisotopic (exact) mass is 433 g/mol. The fraction of sp³-hybridized carbons (Fsp3) is 0.385. The van der Waals surface area contributed by atoms with Gasteiger partial charge in [0.15, 0.2) is 0 Å². The van der Waals surface area contributed by atoms with Gasteiger partial charge in [0.2, 0.25) is 0 Å². The van der Waals surface area contributed by atoms with E-state index in [0.29, 0.717) is 0 Å². The molecule has 6 heteroatoms. The van der Waals surface area contributed by atoms with Crippen molar-refractivity contribution in [2.45, 2.75) is 64.1 Å². The van der Waals surface area contributed by atoms with Crippen molar-refractivity contribution in [1.82, 2.24) is 20.1 Å². The number of benzene rings is 1. The lowest BCUT2D eigenvalue weighted by Crippen LogP contribution is -2.41. The summed E-state index contributed by atoms with van der Waals surface area (Å²) in [7, 11) is 0. The van der Waals surface area contributed by atoms with Crippen LogP contribution in [0.1, 0.15) is 69.8 Å². The SMILES string of the molecule is C=C(NC(CC)(CC)c1ccc(F)cc1)c1cnn2c1NC(c1ccccn1)CC2(C)C. The second kappa shape index (κ2) is 8.41. The van der Waals surface area contributed by atoms with E-state index in [4.69, 9.17) is 5.10 Å². The van der Waals surface area contributed by atoms with Crippen LogP contribution in [-0.4, -0.2) is 14.8 Å². The highest BCUT2D eigenvalue weighted by Gasteiger charge is 2.37. The number of hydrogen-bond donors (Lipinski definition) is 2. The van der Waals surface area contributed by atoms with Gasteiger partial charge in [0, 0.05) is 11.9 Å². The van der Waals surface area contributed by atoms with Gasteiger partial charge in [-0.15, -0.1) is 0 Å². The highest BCUT2D eigenvalue weighted by Crippen LogP contribution is 2.41. The molecule has 1 aromatic carbocycles. The van der Waals surface area contributed by atoms with Crippen LogP contribution in [0.3, 0.4) is 0 Å². The molecule has 1 aliphatic heterocycles. The molecular formula is C26H32FN5.